The Bertz CT molecular complexity index is 157. The number of carbonyl (C=O) groups excluding carboxylic acids is 1. The topological polar surface area (TPSA) is 53.6 Å². The van der Waals surface area contributed by atoms with Crippen LogP contribution in [-0.4, -0.2) is 24.9 Å². The minimum atomic E-state index is -0.454. The number of nitrogens with one attached hydrogen (secondary N) is 2. The van der Waals surface area contributed by atoms with E-state index in [1.807, 2.05) is 6.08 Å². The van der Waals surface area contributed by atoms with Crippen LogP contribution in [0.5, 0.6) is 0 Å². The van der Waals surface area contributed by atoms with Crippen molar-refractivity contribution in [3.05, 3.63) is 12.3 Å². The molecule has 0 radical (unpaired) electrons. The second kappa shape index (κ2) is 3.07. The molecule has 1 heterocycles. The lowest BCUT2D eigenvalue weighted by molar-refractivity contribution is 0.0816. The lowest BCUT2D eigenvalue weighted by Crippen LogP contribution is -2.51. The summed E-state index contributed by atoms with van der Waals surface area (Å²) in [5, 5.41) is 1.17. The van der Waals surface area contributed by atoms with E-state index < -0.39 is 6.09 Å². The quantitative estimate of drug-likeness (QED) is 0.484. The van der Waals surface area contributed by atoms with Gasteiger partial charge in [-0.25, -0.2) is 10.2 Å². The molecule has 0 saturated heterocycles. The van der Waals surface area contributed by atoms with Crippen molar-refractivity contribution < 1.29 is 9.53 Å². The molecular weight excluding hydrogens is 134 g/mol. The average Bonchev–Trinajstić information content (AvgIpc) is 2.05. The highest BCUT2D eigenvalue weighted by molar-refractivity contribution is 5.66. The smallest absolute Gasteiger partial charge is 0.443 e. The van der Waals surface area contributed by atoms with Gasteiger partial charge in [0.25, 0.3) is 0 Å². The van der Waals surface area contributed by atoms with Gasteiger partial charge in [0, 0.05) is 12.7 Å². The monoisotopic (exact) mass is 143 g/mol. The number of hydrogen-bond acceptors (Lipinski definition) is 4. The van der Waals surface area contributed by atoms with Crippen LogP contribution >= 0.6 is 0 Å². The summed E-state index contributed by atoms with van der Waals surface area (Å²) in [6, 6.07) is 0. The highest BCUT2D eigenvalue weighted by Crippen LogP contribution is 1.87. The zero-order valence-corrected chi connectivity index (χ0v) is 5.63. The molecule has 0 spiro atoms. The zero-order valence-electron chi connectivity index (χ0n) is 5.63. The third-order valence-corrected chi connectivity index (χ3v) is 1.05. The molecule has 0 aromatic carbocycles. The Balaban J connectivity index is 2.41. The fraction of sp³-hybridized carbons (Fsp3) is 0.400. The van der Waals surface area contributed by atoms with E-state index in [2.05, 4.69) is 15.6 Å². The van der Waals surface area contributed by atoms with Crippen molar-refractivity contribution in [3.63, 3.8) is 0 Å². The first-order valence-corrected chi connectivity index (χ1v) is 2.87. The van der Waals surface area contributed by atoms with Crippen LogP contribution in [0.3, 0.4) is 0 Å². The summed E-state index contributed by atoms with van der Waals surface area (Å²) in [7, 11) is 1.32. The molecule has 56 valence electrons. The summed E-state index contributed by atoms with van der Waals surface area (Å²) < 4.78 is 4.42. The van der Waals surface area contributed by atoms with E-state index in [9.17, 15) is 4.79 Å². The van der Waals surface area contributed by atoms with Crippen LogP contribution in [-0.2, 0) is 4.74 Å². The molecule has 0 atom stereocenters. The van der Waals surface area contributed by atoms with Gasteiger partial charge < -0.3 is 4.74 Å². The van der Waals surface area contributed by atoms with Crippen LogP contribution < -0.4 is 10.9 Å². The maximum Gasteiger partial charge on any atom is 0.443 e. The molecule has 5 nitrogen and oxygen atoms in total. The highest BCUT2D eigenvalue weighted by Gasteiger charge is 2.11. The Morgan fingerprint density at radius 1 is 1.80 bits per heavy atom. The minimum Gasteiger partial charge on any atom is -0.451 e. The molecule has 1 aliphatic rings. The van der Waals surface area contributed by atoms with Crippen molar-refractivity contribution in [1.82, 2.24) is 16.0 Å². The van der Waals surface area contributed by atoms with Crippen LogP contribution in [0.15, 0.2) is 12.3 Å². The molecule has 0 aromatic heterocycles. The SMILES string of the molecule is COC(=O)N1NC=CCN1. The van der Waals surface area contributed by atoms with Crippen molar-refractivity contribution in [2.75, 3.05) is 13.7 Å². The van der Waals surface area contributed by atoms with Crippen molar-refractivity contribution >= 4 is 6.09 Å². The summed E-state index contributed by atoms with van der Waals surface area (Å²) in [6.07, 6.45) is 3.05. The number of rotatable bonds is 0. The molecule has 10 heavy (non-hydrogen) atoms. The summed E-state index contributed by atoms with van der Waals surface area (Å²) in [4.78, 5) is 10.7. The number of amides is 1. The van der Waals surface area contributed by atoms with Crippen LogP contribution in [0, 0.1) is 0 Å². The maximum absolute atomic E-state index is 10.7. The van der Waals surface area contributed by atoms with Crippen LogP contribution in [0.2, 0.25) is 0 Å². The van der Waals surface area contributed by atoms with Crippen LogP contribution in [0.25, 0.3) is 0 Å². The van der Waals surface area contributed by atoms with E-state index in [-0.39, 0.29) is 0 Å². The number of hydrogen-bond donors (Lipinski definition) is 2. The Morgan fingerprint density at radius 2 is 2.60 bits per heavy atom. The van der Waals surface area contributed by atoms with Gasteiger partial charge in [-0.15, -0.1) is 5.12 Å². The van der Waals surface area contributed by atoms with Gasteiger partial charge in [0.15, 0.2) is 0 Å². The van der Waals surface area contributed by atoms with Gasteiger partial charge in [-0.05, 0) is 0 Å². The first-order valence-electron chi connectivity index (χ1n) is 2.87. The highest BCUT2D eigenvalue weighted by atomic mass is 16.6. The molecule has 1 aliphatic heterocycles. The number of ether oxygens (including phenoxy) is 1. The lowest BCUT2D eigenvalue weighted by atomic mass is 10.6. The van der Waals surface area contributed by atoms with Gasteiger partial charge in [-0.1, -0.05) is 6.08 Å². The van der Waals surface area contributed by atoms with E-state index in [0.717, 1.165) is 0 Å². The predicted octanol–water partition coefficient (Wildman–Crippen LogP) is -0.409. The van der Waals surface area contributed by atoms with Crippen molar-refractivity contribution in [3.8, 4) is 0 Å². The summed E-state index contributed by atoms with van der Waals surface area (Å²) in [5.74, 6) is 0. The van der Waals surface area contributed by atoms with Crippen LogP contribution in [0.1, 0.15) is 0 Å². The van der Waals surface area contributed by atoms with Crippen molar-refractivity contribution in [2.24, 2.45) is 0 Å². The number of carbonyl (C=O) groups is 1. The van der Waals surface area contributed by atoms with Gasteiger partial charge in [0.1, 0.15) is 0 Å². The van der Waals surface area contributed by atoms with Crippen molar-refractivity contribution in [1.29, 1.82) is 0 Å². The van der Waals surface area contributed by atoms with E-state index in [1.165, 1.54) is 12.2 Å². The third-order valence-electron chi connectivity index (χ3n) is 1.05. The Labute approximate surface area is 58.6 Å². The molecule has 0 saturated carbocycles. The standard InChI is InChI=1S/C5H9N3O2/c1-10-5(9)8-6-3-2-4-7-8/h2-3,6-7H,4H2,1H3. The van der Waals surface area contributed by atoms with E-state index in [4.69, 9.17) is 0 Å². The normalized spacial score (nSPS) is 16.3. The molecule has 0 aromatic rings. The maximum atomic E-state index is 10.7. The summed E-state index contributed by atoms with van der Waals surface area (Å²) in [6.45, 7) is 0.627. The van der Waals surface area contributed by atoms with Gasteiger partial charge in [0.05, 0.1) is 7.11 Å². The molecule has 0 bridgehead atoms. The Hall–Kier alpha value is -1.23. The van der Waals surface area contributed by atoms with Gasteiger partial charge >= 0.3 is 6.09 Å². The van der Waals surface area contributed by atoms with Gasteiger partial charge in [-0.2, -0.15) is 0 Å². The van der Waals surface area contributed by atoms with E-state index >= 15 is 0 Å². The zero-order chi connectivity index (χ0) is 7.40. The fourth-order valence-electron chi connectivity index (χ4n) is 0.584. The van der Waals surface area contributed by atoms with E-state index in [0.29, 0.717) is 6.54 Å². The minimum absolute atomic E-state index is 0.454. The summed E-state index contributed by atoms with van der Waals surface area (Å²) in [5.41, 5.74) is 5.37. The molecular formula is C5H9N3O2. The number of hydrazine groups is 2. The van der Waals surface area contributed by atoms with Gasteiger partial charge in [-0.3, -0.25) is 5.43 Å². The second-order valence-corrected chi connectivity index (χ2v) is 1.70. The second-order valence-electron chi connectivity index (χ2n) is 1.70. The summed E-state index contributed by atoms with van der Waals surface area (Å²) >= 11 is 0. The molecule has 5 heteroatoms. The van der Waals surface area contributed by atoms with E-state index in [1.54, 1.807) is 6.20 Å². The average molecular weight is 143 g/mol. The largest absolute Gasteiger partial charge is 0.451 e. The fourth-order valence-corrected chi connectivity index (χ4v) is 0.584. The first kappa shape index (κ1) is 6.88. The van der Waals surface area contributed by atoms with Crippen molar-refractivity contribution in [2.45, 2.75) is 0 Å². The first-order chi connectivity index (χ1) is 4.84. The van der Waals surface area contributed by atoms with Gasteiger partial charge in [0.2, 0.25) is 0 Å². The molecule has 0 aliphatic carbocycles. The molecule has 0 fully saturated rings. The lowest BCUT2D eigenvalue weighted by Gasteiger charge is -2.23. The molecule has 1 amide bonds. The number of nitrogens with zero attached hydrogens (tertiary/aromatic N) is 1. The Morgan fingerprint density at radius 3 is 3.10 bits per heavy atom. The van der Waals surface area contributed by atoms with Crippen LogP contribution in [0.4, 0.5) is 4.79 Å². The molecule has 1 rings (SSSR count). The number of methoxy groups -OCH3 is 1. The third kappa shape index (κ3) is 1.38. The molecule has 2 N–H and O–H groups in total. The molecule has 0 unspecified atom stereocenters. The Kier molecular flexibility index (Phi) is 2.11. The predicted molar refractivity (Wildman–Crippen MR) is 34.5 cm³/mol.